The molecule has 0 spiro atoms. The van der Waals surface area contributed by atoms with E-state index in [2.05, 4.69) is 39.6 Å². The first-order chi connectivity index (χ1) is 15.1. The van der Waals surface area contributed by atoms with Gasteiger partial charge in [-0.05, 0) is 62.7 Å². The quantitative estimate of drug-likeness (QED) is 0.477. The lowest BCUT2D eigenvalue weighted by Gasteiger charge is -2.29. The van der Waals surface area contributed by atoms with Gasteiger partial charge in [0.25, 0.3) is 0 Å². The molecule has 1 atom stereocenters. The van der Waals surface area contributed by atoms with Gasteiger partial charge in [0, 0.05) is 27.2 Å². The number of nitrogens with zero attached hydrogens (tertiary/aromatic N) is 4. The molecule has 0 saturated carbocycles. The molecular formula is C24H36N6O. The van der Waals surface area contributed by atoms with Crippen molar-refractivity contribution < 1.29 is 4.74 Å². The van der Waals surface area contributed by atoms with Gasteiger partial charge in [0.05, 0.1) is 25.4 Å². The highest BCUT2D eigenvalue weighted by Crippen LogP contribution is 2.26. The number of aliphatic imine (C=N–C) groups is 1. The average molecular weight is 425 g/mol. The van der Waals surface area contributed by atoms with E-state index in [1.54, 1.807) is 7.11 Å². The SMILES string of the molecule is CCNC(=NCc1cccc(N(C)C)n1)NCC(c1ccc(OC)cc1)N1CCCC1. The van der Waals surface area contributed by atoms with Gasteiger partial charge in [-0.1, -0.05) is 18.2 Å². The Morgan fingerprint density at radius 1 is 1.13 bits per heavy atom. The van der Waals surface area contributed by atoms with Crippen molar-refractivity contribution in [2.45, 2.75) is 32.4 Å². The first-order valence-electron chi connectivity index (χ1n) is 11.1. The molecule has 0 amide bonds. The van der Waals surface area contributed by atoms with E-state index in [9.17, 15) is 0 Å². The van der Waals surface area contributed by atoms with Crippen molar-refractivity contribution in [3.63, 3.8) is 0 Å². The zero-order chi connectivity index (χ0) is 22.1. The van der Waals surface area contributed by atoms with Crippen LogP contribution in [0.25, 0.3) is 0 Å². The van der Waals surface area contributed by atoms with Crippen LogP contribution in [0, 0.1) is 0 Å². The molecule has 1 saturated heterocycles. The maximum Gasteiger partial charge on any atom is 0.191 e. The molecule has 31 heavy (non-hydrogen) atoms. The third-order valence-corrected chi connectivity index (χ3v) is 5.54. The summed E-state index contributed by atoms with van der Waals surface area (Å²) in [5.41, 5.74) is 2.25. The predicted molar refractivity (Wildman–Crippen MR) is 128 cm³/mol. The van der Waals surface area contributed by atoms with Gasteiger partial charge in [-0.3, -0.25) is 4.90 Å². The minimum absolute atomic E-state index is 0.299. The zero-order valence-corrected chi connectivity index (χ0v) is 19.3. The molecule has 0 bridgehead atoms. The number of anilines is 1. The van der Waals surface area contributed by atoms with Crippen LogP contribution in [0.15, 0.2) is 47.5 Å². The molecule has 168 valence electrons. The Morgan fingerprint density at radius 2 is 1.87 bits per heavy atom. The summed E-state index contributed by atoms with van der Waals surface area (Å²) in [6, 6.07) is 14.8. The number of guanidine groups is 1. The number of nitrogens with one attached hydrogen (secondary N) is 2. The number of hydrogen-bond acceptors (Lipinski definition) is 5. The topological polar surface area (TPSA) is 65.0 Å². The smallest absolute Gasteiger partial charge is 0.191 e. The van der Waals surface area contributed by atoms with Crippen LogP contribution in [0.1, 0.15) is 37.1 Å². The van der Waals surface area contributed by atoms with Crippen LogP contribution in [0.2, 0.25) is 0 Å². The fraction of sp³-hybridized carbons (Fsp3) is 0.500. The summed E-state index contributed by atoms with van der Waals surface area (Å²) >= 11 is 0. The van der Waals surface area contributed by atoms with Crippen molar-refractivity contribution in [3.8, 4) is 5.75 Å². The molecule has 1 unspecified atom stereocenters. The maximum atomic E-state index is 5.33. The molecule has 2 aromatic rings. The number of methoxy groups -OCH3 is 1. The van der Waals surface area contributed by atoms with Gasteiger partial charge in [-0.2, -0.15) is 0 Å². The summed E-state index contributed by atoms with van der Waals surface area (Å²) in [6.07, 6.45) is 2.52. The van der Waals surface area contributed by atoms with Crippen LogP contribution in [-0.4, -0.2) is 63.2 Å². The fourth-order valence-corrected chi connectivity index (χ4v) is 3.84. The van der Waals surface area contributed by atoms with Gasteiger partial charge in [-0.25, -0.2) is 9.98 Å². The van der Waals surface area contributed by atoms with Gasteiger partial charge in [0.1, 0.15) is 11.6 Å². The Bertz CT molecular complexity index is 830. The summed E-state index contributed by atoms with van der Waals surface area (Å²) in [5, 5.41) is 6.93. The van der Waals surface area contributed by atoms with Crippen molar-refractivity contribution in [2.75, 3.05) is 52.3 Å². The van der Waals surface area contributed by atoms with E-state index in [-0.39, 0.29) is 0 Å². The third kappa shape index (κ3) is 6.59. The minimum Gasteiger partial charge on any atom is -0.497 e. The van der Waals surface area contributed by atoms with Gasteiger partial charge in [0.2, 0.25) is 0 Å². The molecule has 1 aliphatic rings. The third-order valence-electron chi connectivity index (χ3n) is 5.54. The second-order valence-corrected chi connectivity index (χ2v) is 7.99. The molecule has 2 heterocycles. The second kappa shape index (κ2) is 11.6. The summed E-state index contributed by atoms with van der Waals surface area (Å²) in [4.78, 5) is 14.0. The van der Waals surface area contributed by atoms with Gasteiger partial charge in [-0.15, -0.1) is 0 Å². The Kier molecular flexibility index (Phi) is 8.53. The first kappa shape index (κ1) is 22.9. The molecule has 2 N–H and O–H groups in total. The summed E-state index contributed by atoms with van der Waals surface area (Å²) in [5.74, 6) is 2.65. The molecule has 1 fully saturated rings. The number of pyridine rings is 1. The lowest BCUT2D eigenvalue weighted by Crippen LogP contribution is -2.42. The molecule has 1 aliphatic heterocycles. The monoisotopic (exact) mass is 424 g/mol. The van der Waals surface area contributed by atoms with Crippen molar-refractivity contribution in [2.24, 2.45) is 4.99 Å². The van der Waals surface area contributed by atoms with E-state index in [4.69, 9.17) is 9.73 Å². The fourth-order valence-electron chi connectivity index (χ4n) is 3.84. The van der Waals surface area contributed by atoms with Gasteiger partial charge in [0.15, 0.2) is 5.96 Å². The van der Waals surface area contributed by atoms with Crippen LogP contribution >= 0.6 is 0 Å². The number of likely N-dealkylation sites (tertiary alicyclic amines) is 1. The second-order valence-electron chi connectivity index (χ2n) is 7.99. The standard InChI is InChI=1S/C24H36N6O/c1-5-25-24(26-17-20-9-8-10-23(28-20)29(2)3)27-18-22(30-15-6-7-16-30)19-11-13-21(31-4)14-12-19/h8-14,22H,5-7,15-18H2,1-4H3,(H2,25,26,27). The lowest BCUT2D eigenvalue weighted by molar-refractivity contribution is 0.245. The van der Waals surface area contributed by atoms with Gasteiger partial charge >= 0.3 is 0 Å². The number of ether oxygens (including phenoxy) is 1. The number of hydrogen-bond donors (Lipinski definition) is 2. The minimum atomic E-state index is 0.299. The van der Waals surface area contributed by atoms with Crippen molar-refractivity contribution >= 4 is 11.8 Å². The van der Waals surface area contributed by atoms with E-state index in [0.29, 0.717) is 12.6 Å². The molecule has 1 aromatic carbocycles. The summed E-state index contributed by atoms with van der Waals surface area (Å²) in [7, 11) is 5.70. The Morgan fingerprint density at radius 3 is 2.52 bits per heavy atom. The normalized spacial score (nSPS) is 15.5. The van der Waals surface area contributed by atoms with E-state index in [1.807, 2.05) is 49.3 Å². The van der Waals surface area contributed by atoms with Crippen molar-refractivity contribution in [1.29, 1.82) is 0 Å². The molecule has 0 radical (unpaired) electrons. The summed E-state index contributed by atoms with van der Waals surface area (Å²) < 4.78 is 5.33. The average Bonchev–Trinajstić information content (AvgIpc) is 3.32. The predicted octanol–water partition coefficient (Wildman–Crippen LogP) is 3.05. The first-order valence-corrected chi connectivity index (χ1v) is 11.1. The van der Waals surface area contributed by atoms with E-state index in [1.165, 1.54) is 18.4 Å². The highest BCUT2D eigenvalue weighted by molar-refractivity contribution is 5.79. The van der Waals surface area contributed by atoms with Crippen LogP contribution in [0.4, 0.5) is 5.82 Å². The maximum absolute atomic E-state index is 5.33. The lowest BCUT2D eigenvalue weighted by atomic mass is 10.1. The van der Waals surface area contributed by atoms with Crippen LogP contribution in [0.3, 0.4) is 0 Å². The molecule has 1 aromatic heterocycles. The highest BCUT2D eigenvalue weighted by atomic mass is 16.5. The van der Waals surface area contributed by atoms with Crippen molar-refractivity contribution in [1.82, 2.24) is 20.5 Å². The van der Waals surface area contributed by atoms with Crippen LogP contribution in [-0.2, 0) is 6.54 Å². The molecule has 7 nitrogen and oxygen atoms in total. The number of benzene rings is 1. The Labute approximate surface area is 186 Å². The van der Waals surface area contributed by atoms with Crippen LogP contribution < -0.4 is 20.3 Å². The Balaban J connectivity index is 1.70. The van der Waals surface area contributed by atoms with E-state index < -0.39 is 0 Å². The van der Waals surface area contributed by atoms with E-state index >= 15 is 0 Å². The largest absolute Gasteiger partial charge is 0.497 e. The molecule has 3 rings (SSSR count). The molecule has 0 aliphatic carbocycles. The number of rotatable bonds is 9. The Hall–Kier alpha value is -2.80. The van der Waals surface area contributed by atoms with Crippen molar-refractivity contribution in [3.05, 3.63) is 53.7 Å². The zero-order valence-electron chi connectivity index (χ0n) is 19.3. The number of aromatic nitrogens is 1. The molecular weight excluding hydrogens is 388 g/mol. The van der Waals surface area contributed by atoms with E-state index in [0.717, 1.165) is 49.4 Å². The van der Waals surface area contributed by atoms with Crippen LogP contribution in [0.5, 0.6) is 5.75 Å². The van der Waals surface area contributed by atoms with Gasteiger partial charge < -0.3 is 20.3 Å². The highest BCUT2D eigenvalue weighted by Gasteiger charge is 2.23. The molecule has 7 heteroatoms. The summed E-state index contributed by atoms with van der Waals surface area (Å²) in [6.45, 7) is 6.50.